The molecule has 0 aromatic rings. The maximum atomic E-state index is 9.31. The molecule has 0 amide bonds. The van der Waals surface area contributed by atoms with Gasteiger partial charge in [0, 0.05) is 22.4 Å². The van der Waals surface area contributed by atoms with Crippen molar-refractivity contribution >= 4 is 0 Å². The van der Waals surface area contributed by atoms with Crippen LogP contribution in [-0.4, -0.2) is 10.7 Å². The van der Waals surface area contributed by atoms with Gasteiger partial charge in [-0.2, -0.15) is 0 Å². The Hall–Kier alpha value is 0.260. The third kappa shape index (κ3) is 8.16. The van der Waals surface area contributed by atoms with Gasteiger partial charge in [-0.05, 0) is 19.8 Å². The van der Waals surface area contributed by atoms with E-state index in [2.05, 4.69) is 12.8 Å². The molecule has 1 radical (unpaired) electrons. The first-order valence-corrected chi connectivity index (χ1v) is 3.82. The van der Waals surface area contributed by atoms with Crippen LogP contribution in [0.2, 0.25) is 0 Å². The van der Waals surface area contributed by atoms with Crippen LogP contribution < -0.4 is 0 Å². The van der Waals surface area contributed by atoms with Crippen molar-refractivity contribution in [3.05, 3.63) is 0 Å². The average molecular weight is 337 g/mol. The second kappa shape index (κ2) is 6.94. The summed E-state index contributed by atoms with van der Waals surface area (Å²) in [6.45, 7) is 3.81. The van der Waals surface area contributed by atoms with Gasteiger partial charge in [-0.15, -0.1) is 6.42 Å². The van der Waals surface area contributed by atoms with Crippen LogP contribution in [-0.2, 0) is 22.4 Å². The van der Waals surface area contributed by atoms with E-state index in [1.807, 2.05) is 0 Å². The molecule has 11 heavy (non-hydrogen) atoms. The van der Waals surface area contributed by atoms with E-state index in [-0.39, 0.29) is 22.4 Å². The molecule has 0 heterocycles. The topological polar surface area (TPSA) is 20.2 Å². The monoisotopic (exact) mass is 337 g/mol. The number of hydrogen-bond acceptors (Lipinski definition) is 1. The second-order valence-corrected chi connectivity index (χ2v) is 2.88. The molecular formula is C9H16AuO. The van der Waals surface area contributed by atoms with Gasteiger partial charge in [0.25, 0.3) is 0 Å². The van der Waals surface area contributed by atoms with Crippen LogP contribution in [0.3, 0.4) is 0 Å². The number of rotatable bonds is 4. The Bertz CT molecular complexity index is 124. The first-order chi connectivity index (χ1) is 4.62. The Labute approximate surface area is 85.1 Å². The second-order valence-electron chi connectivity index (χ2n) is 2.88. The van der Waals surface area contributed by atoms with E-state index in [4.69, 9.17) is 6.42 Å². The third-order valence-corrected chi connectivity index (χ3v) is 1.58. The number of unbranched alkanes of at least 4 members (excludes halogenated alkanes) is 2. The van der Waals surface area contributed by atoms with Crippen LogP contribution in [0.4, 0.5) is 0 Å². The average Bonchev–Trinajstić information content (AvgIpc) is 1.89. The van der Waals surface area contributed by atoms with Crippen molar-refractivity contribution in [2.75, 3.05) is 0 Å². The summed E-state index contributed by atoms with van der Waals surface area (Å²) in [6, 6.07) is 0. The van der Waals surface area contributed by atoms with Crippen LogP contribution in [0.25, 0.3) is 0 Å². The van der Waals surface area contributed by atoms with Gasteiger partial charge in [0.2, 0.25) is 0 Å². The van der Waals surface area contributed by atoms with Gasteiger partial charge >= 0.3 is 0 Å². The van der Waals surface area contributed by atoms with E-state index < -0.39 is 5.60 Å². The Balaban J connectivity index is 0. The van der Waals surface area contributed by atoms with Crippen molar-refractivity contribution in [3.63, 3.8) is 0 Å². The fraction of sp³-hybridized carbons (Fsp3) is 0.778. The molecule has 1 N–H and O–H groups in total. The minimum atomic E-state index is -0.880. The van der Waals surface area contributed by atoms with E-state index in [0.29, 0.717) is 0 Å². The molecule has 0 aliphatic rings. The molecule has 2 heteroatoms. The summed E-state index contributed by atoms with van der Waals surface area (Å²) in [5.74, 6) is 2.36. The molecule has 0 rings (SSSR count). The standard InChI is InChI=1S/C9H16O.Au/c1-4-6-7-8-9(3,10)5-2;/h2,10H,4,6-8H2,1,3H3;. The molecule has 0 aromatic carbocycles. The van der Waals surface area contributed by atoms with Gasteiger partial charge in [-0.25, -0.2) is 0 Å². The number of aliphatic hydroxyl groups is 1. The summed E-state index contributed by atoms with van der Waals surface area (Å²) < 4.78 is 0. The zero-order valence-corrected chi connectivity index (χ0v) is 9.32. The van der Waals surface area contributed by atoms with Gasteiger partial charge in [-0.3, -0.25) is 0 Å². The molecule has 0 bridgehead atoms. The molecule has 0 saturated heterocycles. The van der Waals surface area contributed by atoms with Crippen molar-refractivity contribution in [3.8, 4) is 12.3 Å². The molecule has 0 aromatic heterocycles. The predicted octanol–water partition coefficient (Wildman–Crippen LogP) is 1.95. The fourth-order valence-electron chi connectivity index (χ4n) is 0.791. The molecule has 0 saturated carbocycles. The van der Waals surface area contributed by atoms with Gasteiger partial charge in [0.05, 0.1) is 0 Å². The molecule has 0 fully saturated rings. The van der Waals surface area contributed by atoms with Crippen molar-refractivity contribution in [1.82, 2.24) is 0 Å². The SMILES string of the molecule is C#CC(C)(O)CCCCC.[Au]. The Morgan fingerprint density at radius 2 is 2.00 bits per heavy atom. The fourth-order valence-corrected chi connectivity index (χ4v) is 0.791. The van der Waals surface area contributed by atoms with Crippen LogP contribution in [0.1, 0.15) is 39.5 Å². The van der Waals surface area contributed by atoms with E-state index >= 15 is 0 Å². The first-order valence-electron chi connectivity index (χ1n) is 3.82. The summed E-state index contributed by atoms with van der Waals surface area (Å²) in [7, 11) is 0. The minimum Gasteiger partial charge on any atom is -0.378 e. The molecule has 1 atom stereocenters. The van der Waals surface area contributed by atoms with Gasteiger partial charge in [-0.1, -0.05) is 25.7 Å². The van der Waals surface area contributed by atoms with E-state index in [1.165, 1.54) is 6.42 Å². The van der Waals surface area contributed by atoms with Gasteiger partial charge in [0.15, 0.2) is 0 Å². The maximum absolute atomic E-state index is 9.31. The molecule has 0 aliphatic heterocycles. The Morgan fingerprint density at radius 1 is 1.45 bits per heavy atom. The normalized spacial score (nSPS) is 14.4. The minimum absolute atomic E-state index is 0. The van der Waals surface area contributed by atoms with E-state index in [1.54, 1.807) is 6.92 Å². The summed E-state index contributed by atoms with van der Waals surface area (Å²) >= 11 is 0. The van der Waals surface area contributed by atoms with E-state index in [9.17, 15) is 5.11 Å². The van der Waals surface area contributed by atoms with Crippen LogP contribution in [0.15, 0.2) is 0 Å². The molecule has 1 unspecified atom stereocenters. The largest absolute Gasteiger partial charge is 0.378 e. The van der Waals surface area contributed by atoms with Crippen LogP contribution >= 0.6 is 0 Å². The van der Waals surface area contributed by atoms with Crippen LogP contribution in [0.5, 0.6) is 0 Å². The third-order valence-electron chi connectivity index (χ3n) is 1.58. The molecule has 0 spiro atoms. The summed E-state index contributed by atoms with van der Waals surface area (Å²) in [4.78, 5) is 0. The first kappa shape index (κ1) is 13.8. The zero-order valence-electron chi connectivity index (χ0n) is 7.15. The quantitative estimate of drug-likeness (QED) is 0.472. The van der Waals surface area contributed by atoms with Crippen molar-refractivity contribution in [2.24, 2.45) is 0 Å². The Morgan fingerprint density at radius 3 is 2.36 bits per heavy atom. The van der Waals surface area contributed by atoms with E-state index in [0.717, 1.165) is 19.3 Å². The van der Waals surface area contributed by atoms with Gasteiger partial charge in [0.1, 0.15) is 5.60 Å². The Kier molecular flexibility index (Phi) is 8.72. The molecular weight excluding hydrogens is 321 g/mol. The van der Waals surface area contributed by atoms with Gasteiger partial charge < -0.3 is 5.11 Å². The maximum Gasteiger partial charge on any atom is 0.122 e. The van der Waals surface area contributed by atoms with Crippen molar-refractivity contribution < 1.29 is 27.5 Å². The molecule has 0 aliphatic carbocycles. The van der Waals surface area contributed by atoms with Crippen molar-refractivity contribution in [1.29, 1.82) is 0 Å². The predicted molar refractivity (Wildman–Crippen MR) is 43.6 cm³/mol. The smallest absolute Gasteiger partial charge is 0.122 e. The van der Waals surface area contributed by atoms with Crippen molar-refractivity contribution in [2.45, 2.75) is 45.1 Å². The molecule has 69 valence electrons. The van der Waals surface area contributed by atoms with Crippen LogP contribution in [0, 0.1) is 12.3 Å². The molecule has 1 nitrogen and oxygen atoms in total. The summed E-state index contributed by atoms with van der Waals surface area (Å²) in [5.41, 5.74) is -0.880. The number of terminal acetylenes is 1. The zero-order chi connectivity index (χ0) is 8.04. The number of hydrogen-bond donors (Lipinski definition) is 1. The summed E-state index contributed by atoms with van der Waals surface area (Å²) in [5, 5.41) is 9.31. The summed E-state index contributed by atoms with van der Waals surface area (Å²) in [6.07, 6.45) is 9.15.